The molecule has 0 unspecified atom stereocenters. The van der Waals surface area contributed by atoms with E-state index in [9.17, 15) is 9.59 Å². The van der Waals surface area contributed by atoms with Crippen LogP contribution in [0, 0.1) is 0 Å². The number of nitrogens with two attached hydrogens (primary N) is 1. The fourth-order valence-corrected chi connectivity index (χ4v) is 3.10. The first-order valence-electron chi connectivity index (χ1n) is 5.86. The van der Waals surface area contributed by atoms with E-state index in [0.29, 0.717) is 23.7 Å². The summed E-state index contributed by atoms with van der Waals surface area (Å²) in [6, 6.07) is 3.63. The third-order valence-electron chi connectivity index (χ3n) is 3.02. The number of aromatic nitrogens is 1. The summed E-state index contributed by atoms with van der Waals surface area (Å²) in [7, 11) is 0. The predicted molar refractivity (Wildman–Crippen MR) is 72.9 cm³/mol. The third kappa shape index (κ3) is 2.01. The van der Waals surface area contributed by atoms with E-state index in [2.05, 4.69) is 10.3 Å². The molecule has 0 radical (unpaired) electrons. The van der Waals surface area contributed by atoms with Gasteiger partial charge < -0.3 is 16.0 Å². The number of carbonyl (C=O) groups is 2. The number of hydrogen-bond acceptors (Lipinski definition) is 5. The Morgan fingerprint density at radius 2 is 2.37 bits per heavy atom. The van der Waals surface area contributed by atoms with E-state index in [-0.39, 0.29) is 18.4 Å². The van der Waals surface area contributed by atoms with Gasteiger partial charge >= 0.3 is 0 Å². The maximum absolute atomic E-state index is 12.4. The van der Waals surface area contributed by atoms with Crippen molar-refractivity contribution < 1.29 is 9.59 Å². The monoisotopic (exact) mass is 276 g/mol. The van der Waals surface area contributed by atoms with Crippen molar-refractivity contribution in [3.05, 3.63) is 23.2 Å². The van der Waals surface area contributed by atoms with E-state index in [0.717, 1.165) is 10.2 Å². The van der Waals surface area contributed by atoms with Crippen molar-refractivity contribution in [2.75, 3.05) is 25.4 Å². The van der Waals surface area contributed by atoms with Crippen LogP contribution in [-0.2, 0) is 4.79 Å². The quantitative estimate of drug-likeness (QED) is 0.791. The summed E-state index contributed by atoms with van der Waals surface area (Å²) < 4.78 is 0. The second-order valence-corrected chi connectivity index (χ2v) is 5.28. The smallest absolute Gasteiger partial charge is 0.266 e. The SMILES string of the molecule is Nc1c(C(=O)N2CCNC(=O)C2)sc2ncccc12. The largest absolute Gasteiger partial charge is 0.397 e. The van der Waals surface area contributed by atoms with E-state index in [1.807, 2.05) is 6.07 Å². The molecule has 0 bridgehead atoms. The second kappa shape index (κ2) is 4.51. The summed E-state index contributed by atoms with van der Waals surface area (Å²) in [6.45, 7) is 1.07. The molecule has 2 amide bonds. The molecule has 0 spiro atoms. The molecule has 3 heterocycles. The number of piperazine rings is 1. The lowest BCUT2D eigenvalue weighted by Crippen LogP contribution is -2.49. The van der Waals surface area contributed by atoms with Crippen molar-refractivity contribution in [1.82, 2.24) is 15.2 Å². The van der Waals surface area contributed by atoms with Crippen LogP contribution in [0.4, 0.5) is 5.69 Å². The zero-order chi connectivity index (χ0) is 13.4. The van der Waals surface area contributed by atoms with Gasteiger partial charge in [-0.05, 0) is 12.1 Å². The first-order valence-corrected chi connectivity index (χ1v) is 6.67. The average Bonchev–Trinajstić information content (AvgIpc) is 2.76. The highest BCUT2D eigenvalue weighted by atomic mass is 32.1. The normalized spacial score (nSPS) is 15.6. The van der Waals surface area contributed by atoms with Crippen LogP contribution in [0.25, 0.3) is 10.2 Å². The Bertz CT molecular complexity index is 667. The van der Waals surface area contributed by atoms with Gasteiger partial charge in [0.1, 0.15) is 9.71 Å². The number of nitrogens with zero attached hydrogens (tertiary/aromatic N) is 2. The molecule has 0 aliphatic carbocycles. The number of rotatable bonds is 1. The number of thiophene rings is 1. The first kappa shape index (κ1) is 11.9. The van der Waals surface area contributed by atoms with Crippen molar-refractivity contribution in [2.45, 2.75) is 0 Å². The van der Waals surface area contributed by atoms with Gasteiger partial charge in [-0.2, -0.15) is 0 Å². The number of fused-ring (bicyclic) bond motifs is 1. The van der Waals surface area contributed by atoms with Crippen LogP contribution in [0.5, 0.6) is 0 Å². The van der Waals surface area contributed by atoms with Crippen LogP contribution in [0.2, 0.25) is 0 Å². The van der Waals surface area contributed by atoms with Crippen molar-refractivity contribution in [3.63, 3.8) is 0 Å². The van der Waals surface area contributed by atoms with Gasteiger partial charge in [0, 0.05) is 24.7 Å². The van der Waals surface area contributed by atoms with E-state index in [1.165, 1.54) is 16.2 Å². The Morgan fingerprint density at radius 1 is 1.53 bits per heavy atom. The Hall–Kier alpha value is -2.15. The molecule has 3 N–H and O–H groups in total. The molecule has 3 rings (SSSR count). The number of anilines is 1. The van der Waals surface area contributed by atoms with Crippen LogP contribution < -0.4 is 11.1 Å². The minimum Gasteiger partial charge on any atom is -0.397 e. The van der Waals surface area contributed by atoms with E-state index < -0.39 is 0 Å². The number of carbonyl (C=O) groups excluding carboxylic acids is 2. The van der Waals surface area contributed by atoms with Crippen LogP contribution in [0.15, 0.2) is 18.3 Å². The van der Waals surface area contributed by atoms with Crippen molar-refractivity contribution >= 4 is 39.1 Å². The summed E-state index contributed by atoms with van der Waals surface area (Å²) in [5.74, 6) is -0.340. The Balaban J connectivity index is 1.97. The summed E-state index contributed by atoms with van der Waals surface area (Å²) in [4.78, 5) is 30.6. The summed E-state index contributed by atoms with van der Waals surface area (Å²) in [6.07, 6.45) is 1.67. The lowest BCUT2D eigenvalue weighted by atomic mass is 10.2. The van der Waals surface area contributed by atoms with Gasteiger partial charge in [-0.3, -0.25) is 9.59 Å². The minimum atomic E-state index is -0.199. The Labute approximate surface area is 113 Å². The maximum atomic E-state index is 12.4. The molecule has 2 aromatic rings. The Kier molecular flexibility index (Phi) is 2.83. The van der Waals surface area contributed by atoms with Crippen molar-refractivity contribution in [2.24, 2.45) is 0 Å². The summed E-state index contributed by atoms with van der Waals surface area (Å²) >= 11 is 1.27. The molecule has 98 valence electrons. The van der Waals surface area contributed by atoms with Gasteiger partial charge in [-0.25, -0.2) is 4.98 Å². The maximum Gasteiger partial charge on any atom is 0.266 e. The molecule has 1 fully saturated rings. The lowest BCUT2D eigenvalue weighted by Gasteiger charge is -2.26. The number of nitrogen functional groups attached to an aromatic ring is 1. The Morgan fingerprint density at radius 3 is 3.11 bits per heavy atom. The van der Waals surface area contributed by atoms with Crippen LogP contribution in [0.1, 0.15) is 9.67 Å². The molecule has 1 saturated heterocycles. The molecule has 1 aliphatic heterocycles. The second-order valence-electron chi connectivity index (χ2n) is 4.28. The highest BCUT2D eigenvalue weighted by Gasteiger charge is 2.26. The first-order chi connectivity index (χ1) is 9.16. The van der Waals surface area contributed by atoms with E-state index in [4.69, 9.17) is 5.73 Å². The molecule has 19 heavy (non-hydrogen) atoms. The topological polar surface area (TPSA) is 88.3 Å². The molecular formula is C12H12N4O2S. The summed E-state index contributed by atoms with van der Waals surface area (Å²) in [5.41, 5.74) is 6.45. The molecule has 6 nitrogen and oxygen atoms in total. The number of pyridine rings is 1. The molecule has 7 heteroatoms. The zero-order valence-electron chi connectivity index (χ0n) is 10.0. The number of hydrogen-bond donors (Lipinski definition) is 2. The van der Waals surface area contributed by atoms with E-state index in [1.54, 1.807) is 12.3 Å². The average molecular weight is 276 g/mol. The standard InChI is InChI=1S/C12H12N4O2S/c13-9-7-2-1-3-15-11(7)19-10(9)12(18)16-5-4-14-8(17)6-16/h1-3H,4-6,13H2,(H,14,17). The third-order valence-corrected chi connectivity index (χ3v) is 4.14. The van der Waals surface area contributed by atoms with Crippen LogP contribution in [0.3, 0.4) is 0 Å². The van der Waals surface area contributed by atoms with Gasteiger partial charge in [0.2, 0.25) is 5.91 Å². The molecule has 0 saturated carbocycles. The molecule has 0 aromatic carbocycles. The van der Waals surface area contributed by atoms with Crippen LogP contribution >= 0.6 is 11.3 Å². The fourth-order valence-electron chi connectivity index (χ4n) is 2.07. The van der Waals surface area contributed by atoms with Crippen LogP contribution in [-0.4, -0.2) is 41.3 Å². The lowest BCUT2D eigenvalue weighted by molar-refractivity contribution is -0.123. The van der Waals surface area contributed by atoms with E-state index >= 15 is 0 Å². The molecule has 0 atom stereocenters. The fraction of sp³-hybridized carbons (Fsp3) is 0.250. The van der Waals surface area contributed by atoms with Gasteiger partial charge in [0.05, 0.1) is 12.2 Å². The zero-order valence-corrected chi connectivity index (χ0v) is 10.9. The van der Waals surface area contributed by atoms with Gasteiger partial charge in [-0.1, -0.05) is 0 Å². The van der Waals surface area contributed by atoms with Gasteiger partial charge in [-0.15, -0.1) is 11.3 Å². The van der Waals surface area contributed by atoms with Gasteiger partial charge in [0.15, 0.2) is 0 Å². The number of nitrogens with one attached hydrogen (secondary N) is 1. The van der Waals surface area contributed by atoms with Gasteiger partial charge in [0.25, 0.3) is 5.91 Å². The highest BCUT2D eigenvalue weighted by Crippen LogP contribution is 2.32. The minimum absolute atomic E-state index is 0.0833. The van der Waals surface area contributed by atoms with Crippen molar-refractivity contribution in [3.8, 4) is 0 Å². The predicted octanol–water partition coefficient (Wildman–Crippen LogP) is 0.450. The molecule has 2 aromatic heterocycles. The highest BCUT2D eigenvalue weighted by molar-refractivity contribution is 7.21. The van der Waals surface area contributed by atoms with Crippen molar-refractivity contribution in [1.29, 1.82) is 0 Å². The number of amides is 2. The molecule has 1 aliphatic rings. The molecular weight excluding hydrogens is 264 g/mol. The summed E-state index contributed by atoms with van der Waals surface area (Å²) in [5, 5.41) is 3.48.